The van der Waals surface area contributed by atoms with E-state index >= 15 is 0 Å². The van der Waals surface area contributed by atoms with E-state index in [2.05, 4.69) is 0 Å². The Bertz CT molecular complexity index is 438. The maximum absolute atomic E-state index is 11.9. The number of benzene rings is 1. The predicted octanol–water partition coefficient (Wildman–Crippen LogP) is 3.03. The van der Waals surface area contributed by atoms with Gasteiger partial charge in [0, 0.05) is 21.6 Å². The van der Waals surface area contributed by atoms with Crippen molar-refractivity contribution in [2.45, 2.75) is 39.4 Å². The van der Waals surface area contributed by atoms with Crippen LogP contribution in [-0.2, 0) is 10.8 Å². The predicted molar refractivity (Wildman–Crippen MR) is 73.0 cm³/mol. The van der Waals surface area contributed by atoms with Crippen LogP contribution in [0.25, 0.3) is 0 Å². The van der Waals surface area contributed by atoms with Crippen LogP contribution in [0, 0.1) is 13.8 Å². The minimum absolute atomic E-state index is 0.0215. The zero-order valence-corrected chi connectivity index (χ0v) is 11.8. The first-order valence-electron chi connectivity index (χ1n) is 5.93. The maximum Gasteiger partial charge on any atom is 0.175 e. The van der Waals surface area contributed by atoms with Gasteiger partial charge in [0.05, 0.1) is 5.75 Å². The van der Waals surface area contributed by atoms with Crippen molar-refractivity contribution in [2.75, 3.05) is 5.75 Å². The second-order valence-corrected chi connectivity index (χ2v) is 6.32. The molecule has 17 heavy (non-hydrogen) atoms. The number of ketones is 1. The van der Waals surface area contributed by atoms with Crippen LogP contribution >= 0.6 is 0 Å². The van der Waals surface area contributed by atoms with Gasteiger partial charge in [-0.3, -0.25) is 9.00 Å². The van der Waals surface area contributed by atoms with Gasteiger partial charge in [0.1, 0.15) is 0 Å². The van der Waals surface area contributed by atoms with E-state index < -0.39 is 10.8 Å². The summed E-state index contributed by atoms with van der Waals surface area (Å²) in [6, 6.07) is 5.64. The Morgan fingerprint density at radius 2 is 1.94 bits per heavy atom. The second-order valence-electron chi connectivity index (χ2n) is 4.47. The molecule has 0 heterocycles. The Morgan fingerprint density at radius 3 is 2.47 bits per heavy atom. The molecule has 0 bridgehead atoms. The molecule has 2 nitrogen and oxygen atoms in total. The van der Waals surface area contributed by atoms with Gasteiger partial charge in [-0.1, -0.05) is 26.0 Å². The summed E-state index contributed by atoms with van der Waals surface area (Å²) in [5.74, 6) is 0.115. The molecule has 0 spiro atoms. The molecule has 2 atom stereocenters. The lowest BCUT2D eigenvalue weighted by atomic mass is 10.0. The highest BCUT2D eigenvalue weighted by atomic mass is 32.2. The summed E-state index contributed by atoms with van der Waals surface area (Å²) >= 11 is 0. The third-order valence-electron chi connectivity index (χ3n) is 3.13. The Morgan fingerprint density at radius 1 is 1.29 bits per heavy atom. The van der Waals surface area contributed by atoms with Gasteiger partial charge < -0.3 is 0 Å². The first-order valence-corrected chi connectivity index (χ1v) is 7.31. The first-order chi connectivity index (χ1) is 7.95. The van der Waals surface area contributed by atoms with Crippen LogP contribution in [0.2, 0.25) is 0 Å². The number of hydrogen-bond acceptors (Lipinski definition) is 2. The van der Waals surface area contributed by atoms with E-state index in [1.807, 2.05) is 45.9 Å². The smallest absolute Gasteiger partial charge is 0.175 e. The van der Waals surface area contributed by atoms with Crippen molar-refractivity contribution in [2.24, 2.45) is 0 Å². The lowest BCUT2D eigenvalue weighted by molar-refractivity contribution is 0.102. The molecule has 0 aliphatic carbocycles. The average molecular weight is 252 g/mol. The van der Waals surface area contributed by atoms with E-state index in [1.54, 1.807) is 0 Å². The van der Waals surface area contributed by atoms with Crippen LogP contribution in [0.4, 0.5) is 0 Å². The minimum Gasteiger partial charge on any atom is -0.293 e. The molecule has 0 radical (unpaired) electrons. The van der Waals surface area contributed by atoms with Gasteiger partial charge in [0.2, 0.25) is 0 Å². The highest BCUT2D eigenvalue weighted by Crippen LogP contribution is 2.12. The monoisotopic (exact) mass is 252 g/mol. The number of Topliss-reactive ketones (excluding diaryl/α,β-unsaturated/α-hetero) is 1. The van der Waals surface area contributed by atoms with Crippen molar-refractivity contribution in [3.8, 4) is 0 Å². The third-order valence-corrected chi connectivity index (χ3v) is 4.90. The van der Waals surface area contributed by atoms with Gasteiger partial charge in [-0.2, -0.15) is 0 Å². The fraction of sp³-hybridized carbons (Fsp3) is 0.500. The number of aryl methyl sites for hydroxylation is 2. The molecule has 0 aromatic heterocycles. The molecule has 0 saturated carbocycles. The van der Waals surface area contributed by atoms with E-state index in [0.717, 1.165) is 12.0 Å². The summed E-state index contributed by atoms with van der Waals surface area (Å²) in [6.07, 6.45) is 0.840. The van der Waals surface area contributed by atoms with Gasteiger partial charge >= 0.3 is 0 Å². The van der Waals surface area contributed by atoms with Gasteiger partial charge in [0.15, 0.2) is 5.78 Å². The standard InChI is InChI=1S/C14H20O2S/c1-5-12(4)17(16)9-14(15)13-7-6-10(2)11(3)8-13/h6-8,12H,5,9H2,1-4H3. The van der Waals surface area contributed by atoms with Gasteiger partial charge in [-0.25, -0.2) is 0 Å². The molecule has 1 aromatic rings. The van der Waals surface area contributed by atoms with Crippen molar-refractivity contribution in [1.29, 1.82) is 0 Å². The summed E-state index contributed by atoms with van der Waals surface area (Å²) in [6.45, 7) is 7.91. The van der Waals surface area contributed by atoms with Crippen LogP contribution in [-0.4, -0.2) is 21.0 Å². The molecule has 0 fully saturated rings. The molecule has 0 saturated heterocycles. The van der Waals surface area contributed by atoms with E-state index in [9.17, 15) is 9.00 Å². The molecule has 0 aliphatic rings. The van der Waals surface area contributed by atoms with Crippen molar-refractivity contribution in [3.63, 3.8) is 0 Å². The van der Waals surface area contributed by atoms with E-state index in [-0.39, 0.29) is 16.8 Å². The summed E-state index contributed by atoms with van der Waals surface area (Å²) in [5.41, 5.74) is 2.94. The van der Waals surface area contributed by atoms with Gasteiger partial charge in [-0.15, -0.1) is 0 Å². The lowest BCUT2D eigenvalue weighted by Gasteiger charge is -2.08. The molecule has 1 rings (SSSR count). The number of hydrogen-bond donors (Lipinski definition) is 0. The second kappa shape index (κ2) is 6.10. The largest absolute Gasteiger partial charge is 0.293 e. The normalized spacial score (nSPS) is 14.4. The quantitative estimate of drug-likeness (QED) is 0.755. The minimum atomic E-state index is -1.06. The first kappa shape index (κ1) is 14.1. The van der Waals surface area contributed by atoms with Crippen LogP contribution in [0.5, 0.6) is 0 Å². The Balaban J connectivity index is 2.77. The molecule has 1 aromatic carbocycles. The highest BCUT2D eigenvalue weighted by Gasteiger charge is 2.15. The van der Waals surface area contributed by atoms with Crippen molar-refractivity contribution < 1.29 is 9.00 Å². The number of carbonyl (C=O) groups is 1. The summed E-state index contributed by atoms with van der Waals surface area (Å²) in [7, 11) is -1.06. The fourth-order valence-electron chi connectivity index (χ4n) is 1.46. The molecule has 0 N–H and O–H groups in total. The van der Waals surface area contributed by atoms with Gasteiger partial charge in [-0.05, 0) is 37.5 Å². The van der Waals surface area contributed by atoms with Crippen molar-refractivity contribution >= 4 is 16.6 Å². The average Bonchev–Trinajstić information content (AvgIpc) is 2.31. The Kier molecular flexibility index (Phi) is 5.06. The lowest BCUT2D eigenvalue weighted by Crippen LogP contribution is -2.19. The number of rotatable bonds is 5. The van der Waals surface area contributed by atoms with Crippen LogP contribution in [0.15, 0.2) is 18.2 Å². The van der Waals surface area contributed by atoms with Crippen molar-refractivity contribution in [3.05, 3.63) is 34.9 Å². The summed E-state index contributed by atoms with van der Waals surface area (Å²) in [5, 5.41) is 0.0884. The molecule has 2 unspecified atom stereocenters. The van der Waals surface area contributed by atoms with E-state index in [0.29, 0.717) is 5.56 Å². The Hall–Kier alpha value is -0.960. The molecular formula is C14H20O2S. The molecule has 94 valence electrons. The Labute approximate surface area is 106 Å². The van der Waals surface area contributed by atoms with Crippen LogP contribution < -0.4 is 0 Å². The zero-order valence-electron chi connectivity index (χ0n) is 10.9. The summed E-state index contributed by atoms with van der Waals surface area (Å²) in [4.78, 5) is 11.9. The van der Waals surface area contributed by atoms with Gasteiger partial charge in [0.25, 0.3) is 0 Å². The van der Waals surface area contributed by atoms with E-state index in [4.69, 9.17) is 0 Å². The summed E-state index contributed by atoms with van der Waals surface area (Å²) < 4.78 is 11.8. The number of carbonyl (C=O) groups excluding carboxylic acids is 1. The maximum atomic E-state index is 11.9. The zero-order chi connectivity index (χ0) is 13.0. The van der Waals surface area contributed by atoms with Crippen molar-refractivity contribution in [1.82, 2.24) is 0 Å². The molecule has 0 amide bonds. The third kappa shape index (κ3) is 3.77. The molecule has 3 heteroatoms. The highest BCUT2D eigenvalue weighted by molar-refractivity contribution is 7.86. The fourth-order valence-corrected chi connectivity index (χ4v) is 2.54. The molecule has 0 aliphatic heterocycles. The van der Waals surface area contributed by atoms with Crippen LogP contribution in [0.3, 0.4) is 0 Å². The van der Waals surface area contributed by atoms with Crippen LogP contribution in [0.1, 0.15) is 41.8 Å². The molecular weight excluding hydrogens is 232 g/mol. The topological polar surface area (TPSA) is 34.1 Å². The van der Waals surface area contributed by atoms with E-state index in [1.165, 1.54) is 5.56 Å². The SMILES string of the molecule is CCC(C)S(=O)CC(=O)c1ccc(C)c(C)c1.